The molecule has 0 bridgehead atoms. The highest BCUT2D eigenvalue weighted by Crippen LogP contribution is 2.26. The van der Waals surface area contributed by atoms with Crippen molar-refractivity contribution in [1.82, 2.24) is 20.4 Å². The minimum Gasteiger partial charge on any atom is -0.365 e. The number of likely N-dealkylation sites (tertiary alicyclic amines) is 2. The van der Waals surface area contributed by atoms with Crippen LogP contribution >= 0.6 is 0 Å². The van der Waals surface area contributed by atoms with Gasteiger partial charge in [-0.1, -0.05) is 26.2 Å². The van der Waals surface area contributed by atoms with E-state index in [0.29, 0.717) is 51.7 Å². The summed E-state index contributed by atoms with van der Waals surface area (Å²) in [4.78, 5) is 52.9. The van der Waals surface area contributed by atoms with Crippen molar-refractivity contribution in [2.45, 2.75) is 102 Å². The number of nitrogens with zero attached hydrogens (tertiary/aromatic N) is 4. The number of nitrogens with two attached hydrogens (primary N) is 2. The van der Waals surface area contributed by atoms with Gasteiger partial charge in [0.15, 0.2) is 5.03 Å². The summed E-state index contributed by atoms with van der Waals surface area (Å²) < 4.78 is 0. The molecule has 204 valence electrons. The van der Waals surface area contributed by atoms with Crippen LogP contribution in [-0.4, -0.2) is 82.3 Å². The summed E-state index contributed by atoms with van der Waals surface area (Å²) in [6, 6.07) is -1.87. The van der Waals surface area contributed by atoms with Gasteiger partial charge in [0.1, 0.15) is 17.2 Å². The van der Waals surface area contributed by atoms with Crippen LogP contribution in [0.4, 0.5) is 0 Å². The maximum atomic E-state index is 13.4. The van der Waals surface area contributed by atoms with Gasteiger partial charge in [-0.05, 0) is 51.9 Å². The summed E-state index contributed by atoms with van der Waals surface area (Å²) in [5.74, 6) is -0.814. The second-order valence-corrected chi connectivity index (χ2v) is 9.68. The standard InChI is InChI=1S/C23H42N8O5/c1-3-4-5-10-17(24)21(33)30-15-8-12-19(30)22(34)29-14-7-11-18(29)20(32)27-16(2)9-6-13-26-23(25)28-31(35)36/h16-19H,3-15,24H2,1-2H3,(H,27,32)(H3,25,26,28). The maximum absolute atomic E-state index is 13.4. The van der Waals surface area contributed by atoms with Crippen molar-refractivity contribution in [1.29, 1.82) is 0 Å². The monoisotopic (exact) mass is 510 g/mol. The van der Waals surface area contributed by atoms with E-state index in [1.54, 1.807) is 9.80 Å². The number of hydrogen-bond donors (Lipinski definition) is 4. The van der Waals surface area contributed by atoms with Gasteiger partial charge in [0, 0.05) is 25.7 Å². The average Bonchev–Trinajstić information content (AvgIpc) is 3.50. The molecule has 4 unspecified atom stereocenters. The van der Waals surface area contributed by atoms with E-state index in [9.17, 15) is 24.5 Å². The number of unbranched alkanes of at least 4 members (excludes halogenated alkanes) is 2. The fourth-order valence-electron chi connectivity index (χ4n) is 4.89. The van der Waals surface area contributed by atoms with Crippen LogP contribution in [0.1, 0.15) is 78.1 Å². The van der Waals surface area contributed by atoms with Crippen LogP contribution in [0.5, 0.6) is 0 Å². The van der Waals surface area contributed by atoms with Crippen LogP contribution < -0.4 is 22.1 Å². The molecule has 13 heteroatoms. The molecule has 0 saturated carbocycles. The van der Waals surface area contributed by atoms with E-state index in [-0.39, 0.29) is 29.7 Å². The molecule has 3 amide bonds. The molecule has 0 aliphatic carbocycles. The third-order valence-electron chi connectivity index (χ3n) is 6.79. The minimum absolute atomic E-state index is 0.156. The molecule has 0 aromatic rings. The molecule has 0 radical (unpaired) electrons. The zero-order valence-electron chi connectivity index (χ0n) is 21.5. The van der Waals surface area contributed by atoms with Crippen LogP contribution in [0.25, 0.3) is 0 Å². The summed E-state index contributed by atoms with van der Waals surface area (Å²) in [6.07, 6.45) is 7.44. The molecule has 2 heterocycles. The zero-order valence-corrected chi connectivity index (χ0v) is 21.5. The van der Waals surface area contributed by atoms with Gasteiger partial charge >= 0.3 is 0 Å². The van der Waals surface area contributed by atoms with Crippen molar-refractivity contribution in [2.75, 3.05) is 19.6 Å². The molecule has 2 aliphatic heterocycles. The molecular formula is C23H42N8O5. The second kappa shape index (κ2) is 14.6. The number of nitrogens with one attached hydrogen (secondary N) is 2. The molecule has 4 atom stereocenters. The molecule has 2 aliphatic rings. The van der Waals surface area contributed by atoms with E-state index in [0.717, 1.165) is 32.1 Å². The fraction of sp³-hybridized carbons (Fsp3) is 0.826. The third kappa shape index (κ3) is 8.61. The molecule has 0 aromatic heterocycles. The first-order valence-corrected chi connectivity index (χ1v) is 13.0. The van der Waals surface area contributed by atoms with Gasteiger partial charge in [0.2, 0.25) is 17.7 Å². The van der Waals surface area contributed by atoms with Crippen molar-refractivity contribution in [3.05, 3.63) is 10.1 Å². The number of hydrazone groups is 1. The Balaban J connectivity index is 1.87. The van der Waals surface area contributed by atoms with Crippen LogP contribution in [0, 0.1) is 10.1 Å². The van der Waals surface area contributed by atoms with Gasteiger partial charge in [-0.25, -0.2) is 10.1 Å². The lowest BCUT2D eigenvalue weighted by Crippen LogP contribution is -2.55. The zero-order chi connectivity index (χ0) is 26.7. The second-order valence-electron chi connectivity index (χ2n) is 9.68. The van der Waals surface area contributed by atoms with Crippen molar-refractivity contribution in [3.63, 3.8) is 0 Å². The Morgan fingerprint density at radius 2 is 1.75 bits per heavy atom. The lowest BCUT2D eigenvalue weighted by atomic mass is 10.1. The van der Waals surface area contributed by atoms with Crippen molar-refractivity contribution in [3.8, 4) is 0 Å². The van der Waals surface area contributed by atoms with Crippen molar-refractivity contribution in [2.24, 2.45) is 16.6 Å². The van der Waals surface area contributed by atoms with Gasteiger partial charge in [-0.3, -0.25) is 14.4 Å². The van der Waals surface area contributed by atoms with Gasteiger partial charge in [-0.15, -0.1) is 0 Å². The van der Waals surface area contributed by atoms with Crippen LogP contribution in [0.15, 0.2) is 5.10 Å². The maximum Gasteiger partial charge on any atom is 0.266 e. The van der Waals surface area contributed by atoms with E-state index in [1.165, 1.54) is 0 Å². The van der Waals surface area contributed by atoms with Crippen molar-refractivity contribution < 1.29 is 19.4 Å². The number of carbonyl (C=O) groups is 3. The highest BCUT2D eigenvalue weighted by Gasteiger charge is 2.42. The Bertz CT molecular complexity index is 807. The predicted molar refractivity (Wildman–Crippen MR) is 135 cm³/mol. The molecule has 2 rings (SSSR count). The largest absolute Gasteiger partial charge is 0.365 e. The number of amides is 3. The number of guanidine groups is 1. The fourth-order valence-corrected chi connectivity index (χ4v) is 4.89. The lowest BCUT2D eigenvalue weighted by molar-refractivity contribution is -0.485. The first kappa shape index (κ1) is 29.3. The number of carbonyl (C=O) groups excluding carboxylic acids is 3. The van der Waals surface area contributed by atoms with Gasteiger partial charge < -0.3 is 31.9 Å². The van der Waals surface area contributed by atoms with Crippen LogP contribution in [0.3, 0.4) is 0 Å². The quantitative estimate of drug-likeness (QED) is 0.0891. The van der Waals surface area contributed by atoms with Crippen molar-refractivity contribution >= 4 is 23.7 Å². The first-order valence-electron chi connectivity index (χ1n) is 13.0. The highest BCUT2D eigenvalue weighted by molar-refractivity contribution is 5.94. The molecule has 0 aromatic carbocycles. The summed E-state index contributed by atoms with van der Waals surface area (Å²) >= 11 is 0. The number of hydrogen-bond acceptors (Lipinski definition) is 6. The Morgan fingerprint density at radius 3 is 2.42 bits per heavy atom. The van der Waals surface area contributed by atoms with Crippen LogP contribution in [0.2, 0.25) is 0 Å². The molecule has 2 fully saturated rings. The number of rotatable bonds is 13. The Kier molecular flexibility index (Phi) is 11.8. The highest BCUT2D eigenvalue weighted by atomic mass is 16.7. The Hall–Kier alpha value is -2.96. The first-order chi connectivity index (χ1) is 17.1. The average molecular weight is 511 g/mol. The molecule has 2 saturated heterocycles. The Morgan fingerprint density at radius 1 is 1.08 bits per heavy atom. The van der Waals surface area contributed by atoms with Gasteiger partial charge in [-0.2, -0.15) is 0 Å². The van der Waals surface area contributed by atoms with E-state index in [1.807, 2.05) is 6.92 Å². The normalized spacial score (nSPS) is 21.8. The van der Waals surface area contributed by atoms with E-state index < -0.39 is 23.2 Å². The minimum atomic E-state index is -0.873. The van der Waals surface area contributed by atoms with Crippen LogP contribution in [-0.2, 0) is 14.4 Å². The summed E-state index contributed by atoms with van der Waals surface area (Å²) in [5.41, 5.74) is 11.5. The molecule has 6 N–H and O–H groups in total. The lowest BCUT2D eigenvalue weighted by Gasteiger charge is -2.32. The third-order valence-corrected chi connectivity index (χ3v) is 6.79. The summed E-state index contributed by atoms with van der Waals surface area (Å²) in [6.45, 7) is 5.35. The molecular weight excluding hydrogens is 468 g/mol. The van der Waals surface area contributed by atoms with E-state index >= 15 is 0 Å². The van der Waals surface area contributed by atoms with E-state index in [2.05, 4.69) is 22.7 Å². The topological polar surface area (TPSA) is 189 Å². The van der Waals surface area contributed by atoms with E-state index in [4.69, 9.17) is 11.5 Å². The SMILES string of the molecule is CCCCCC(N)C(=O)N1CCCC1C(=O)N1CCCC1C(=O)NC(C)CCCN/C(N)=N/[N+](=O)[O-]. The summed E-state index contributed by atoms with van der Waals surface area (Å²) in [7, 11) is 0. The smallest absolute Gasteiger partial charge is 0.266 e. The predicted octanol–water partition coefficient (Wildman–Crippen LogP) is 0.257. The molecule has 36 heavy (non-hydrogen) atoms. The Labute approximate surface area is 212 Å². The van der Waals surface area contributed by atoms with Gasteiger partial charge in [0.25, 0.3) is 5.96 Å². The number of nitro groups is 1. The summed E-state index contributed by atoms with van der Waals surface area (Å²) in [5, 5.41) is 18.0. The molecule has 0 spiro atoms. The molecule has 13 nitrogen and oxygen atoms in total. The van der Waals surface area contributed by atoms with Gasteiger partial charge in [0.05, 0.1) is 6.04 Å².